The number of carbonyl (C=O) groups is 2. The molecule has 3 rings (SSSR count). The van der Waals surface area contributed by atoms with Gasteiger partial charge in [0.2, 0.25) is 0 Å². The monoisotopic (exact) mass is 405 g/mol. The second-order valence-electron chi connectivity index (χ2n) is 6.39. The largest absolute Gasteiger partial charge is 0.497 e. The third-order valence-electron chi connectivity index (χ3n) is 4.51. The minimum absolute atomic E-state index is 0.145. The number of hydrogen-bond acceptors (Lipinski definition) is 5. The lowest BCUT2D eigenvalue weighted by Gasteiger charge is -2.13. The first-order chi connectivity index (χ1) is 14.4. The van der Waals surface area contributed by atoms with Crippen LogP contribution in [0.1, 0.15) is 26.3 Å². The Morgan fingerprint density at radius 2 is 1.50 bits per heavy atom. The van der Waals surface area contributed by atoms with Gasteiger partial charge < -0.3 is 15.4 Å². The van der Waals surface area contributed by atoms with Crippen LogP contribution in [0, 0.1) is 17.0 Å². The molecule has 3 aromatic rings. The van der Waals surface area contributed by atoms with Gasteiger partial charge in [0.25, 0.3) is 17.5 Å². The molecule has 0 aliphatic heterocycles. The maximum absolute atomic E-state index is 12.7. The number of methoxy groups -OCH3 is 1. The predicted octanol–water partition coefficient (Wildman–Crippen LogP) is 4.42. The van der Waals surface area contributed by atoms with E-state index in [0.29, 0.717) is 17.1 Å². The number of rotatable bonds is 6. The van der Waals surface area contributed by atoms with E-state index in [4.69, 9.17) is 4.74 Å². The summed E-state index contributed by atoms with van der Waals surface area (Å²) in [7, 11) is 1.55. The van der Waals surface area contributed by atoms with E-state index < -0.39 is 16.7 Å². The molecule has 0 atom stereocenters. The van der Waals surface area contributed by atoms with Crippen molar-refractivity contribution < 1.29 is 19.2 Å². The molecule has 152 valence electrons. The summed E-state index contributed by atoms with van der Waals surface area (Å²) in [6.45, 7) is 1.51. The van der Waals surface area contributed by atoms with Gasteiger partial charge in [-0.3, -0.25) is 19.7 Å². The maximum atomic E-state index is 12.7. The van der Waals surface area contributed by atoms with Crippen LogP contribution in [0.2, 0.25) is 0 Å². The minimum Gasteiger partial charge on any atom is -0.497 e. The molecule has 3 aromatic carbocycles. The highest BCUT2D eigenvalue weighted by Crippen LogP contribution is 2.24. The average Bonchev–Trinajstić information content (AvgIpc) is 2.74. The molecule has 2 amide bonds. The van der Waals surface area contributed by atoms with E-state index in [1.54, 1.807) is 55.6 Å². The number of hydrogen-bond donors (Lipinski definition) is 2. The molecule has 0 saturated carbocycles. The van der Waals surface area contributed by atoms with Crippen molar-refractivity contribution in [1.82, 2.24) is 0 Å². The second-order valence-corrected chi connectivity index (χ2v) is 6.39. The van der Waals surface area contributed by atoms with Crippen LogP contribution in [-0.2, 0) is 0 Å². The molecular formula is C22H19N3O5. The summed E-state index contributed by atoms with van der Waals surface area (Å²) in [5.41, 5.74) is 1.38. The number of nitro benzene ring substituents is 1. The molecule has 0 bridgehead atoms. The summed E-state index contributed by atoms with van der Waals surface area (Å²) in [5, 5.41) is 16.6. The molecule has 0 aliphatic carbocycles. The Labute approximate surface area is 172 Å². The molecule has 0 radical (unpaired) electrons. The fraction of sp³-hybridized carbons (Fsp3) is 0.0909. The fourth-order valence-electron chi connectivity index (χ4n) is 2.92. The molecule has 0 fully saturated rings. The molecule has 0 aliphatic rings. The normalized spacial score (nSPS) is 10.2. The highest BCUT2D eigenvalue weighted by Gasteiger charge is 2.20. The zero-order valence-corrected chi connectivity index (χ0v) is 16.3. The van der Waals surface area contributed by atoms with Gasteiger partial charge in [0, 0.05) is 22.9 Å². The molecule has 8 nitrogen and oxygen atoms in total. The Balaban J connectivity index is 1.83. The van der Waals surface area contributed by atoms with E-state index in [-0.39, 0.29) is 22.4 Å². The smallest absolute Gasteiger partial charge is 0.273 e. The van der Waals surface area contributed by atoms with E-state index in [0.717, 1.165) is 0 Å². The summed E-state index contributed by atoms with van der Waals surface area (Å²) in [6.07, 6.45) is 0. The third-order valence-corrected chi connectivity index (χ3v) is 4.51. The van der Waals surface area contributed by atoms with Crippen LogP contribution in [0.5, 0.6) is 5.75 Å². The molecule has 30 heavy (non-hydrogen) atoms. The van der Waals surface area contributed by atoms with E-state index in [9.17, 15) is 19.7 Å². The van der Waals surface area contributed by atoms with Crippen LogP contribution < -0.4 is 15.4 Å². The van der Waals surface area contributed by atoms with Gasteiger partial charge in [-0.05, 0) is 49.4 Å². The Hall–Kier alpha value is -4.20. The zero-order valence-electron chi connectivity index (χ0n) is 16.3. The van der Waals surface area contributed by atoms with Crippen molar-refractivity contribution in [2.24, 2.45) is 0 Å². The highest BCUT2D eigenvalue weighted by molar-refractivity contribution is 6.13. The number of carbonyl (C=O) groups excluding carboxylic acids is 2. The highest BCUT2D eigenvalue weighted by atomic mass is 16.6. The first-order valence-electron chi connectivity index (χ1n) is 9.00. The third kappa shape index (κ3) is 4.44. The number of anilines is 2. The van der Waals surface area contributed by atoms with Gasteiger partial charge in [0.15, 0.2) is 0 Å². The van der Waals surface area contributed by atoms with Crippen LogP contribution >= 0.6 is 0 Å². The lowest BCUT2D eigenvalue weighted by molar-refractivity contribution is -0.385. The van der Waals surface area contributed by atoms with Gasteiger partial charge >= 0.3 is 0 Å². The van der Waals surface area contributed by atoms with Crippen LogP contribution in [0.4, 0.5) is 17.1 Å². The van der Waals surface area contributed by atoms with Gasteiger partial charge in [-0.15, -0.1) is 0 Å². The molecule has 2 N–H and O–H groups in total. The van der Waals surface area contributed by atoms with Gasteiger partial charge in [-0.2, -0.15) is 0 Å². The molecule has 0 spiro atoms. The topological polar surface area (TPSA) is 111 Å². The number of para-hydroxylation sites is 1. The van der Waals surface area contributed by atoms with Crippen LogP contribution in [0.3, 0.4) is 0 Å². The van der Waals surface area contributed by atoms with Crippen molar-refractivity contribution in [3.05, 3.63) is 93.5 Å². The first-order valence-corrected chi connectivity index (χ1v) is 9.00. The van der Waals surface area contributed by atoms with Gasteiger partial charge in [-0.25, -0.2) is 0 Å². The number of nitro groups is 1. The number of ether oxygens (including phenoxy) is 1. The summed E-state index contributed by atoms with van der Waals surface area (Å²) in [4.78, 5) is 36.1. The molecular weight excluding hydrogens is 386 g/mol. The van der Waals surface area contributed by atoms with Crippen molar-refractivity contribution in [2.75, 3.05) is 17.7 Å². The maximum Gasteiger partial charge on any atom is 0.273 e. The molecule has 8 heteroatoms. The van der Waals surface area contributed by atoms with E-state index >= 15 is 0 Å². The summed E-state index contributed by atoms with van der Waals surface area (Å²) in [5.74, 6) is -0.291. The Morgan fingerprint density at radius 1 is 0.867 bits per heavy atom. The molecule has 0 saturated heterocycles. The summed E-state index contributed by atoms with van der Waals surface area (Å²) < 4.78 is 5.09. The fourth-order valence-corrected chi connectivity index (χ4v) is 2.92. The first kappa shape index (κ1) is 20.5. The predicted molar refractivity (Wildman–Crippen MR) is 113 cm³/mol. The standard InChI is InChI=1S/C22H19N3O5/c1-14-17(7-5-9-20(14)25(28)29)21(26)24-19-8-4-3-6-18(19)22(27)23-15-10-12-16(30-2)13-11-15/h3-13H,1-2H3,(H,23,27)(H,24,26). The van der Waals surface area contributed by atoms with Gasteiger partial charge in [0.1, 0.15) is 5.75 Å². The van der Waals surface area contributed by atoms with Crippen molar-refractivity contribution >= 4 is 28.9 Å². The van der Waals surface area contributed by atoms with E-state index in [2.05, 4.69) is 10.6 Å². The van der Waals surface area contributed by atoms with Crippen molar-refractivity contribution in [3.8, 4) is 5.75 Å². The lowest BCUT2D eigenvalue weighted by Crippen LogP contribution is -2.19. The number of nitrogens with zero attached hydrogens (tertiary/aromatic N) is 1. The SMILES string of the molecule is COc1ccc(NC(=O)c2ccccc2NC(=O)c2cccc([N+](=O)[O-])c2C)cc1. The lowest BCUT2D eigenvalue weighted by atomic mass is 10.1. The molecule has 0 heterocycles. The number of amides is 2. The van der Waals surface area contributed by atoms with Crippen LogP contribution in [0.15, 0.2) is 66.7 Å². The van der Waals surface area contributed by atoms with Crippen LogP contribution in [-0.4, -0.2) is 23.8 Å². The van der Waals surface area contributed by atoms with Crippen LogP contribution in [0.25, 0.3) is 0 Å². The second kappa shape index (κ2) is 8.87. The van der Waals surface area contributed by atoms with Gasteiger partial charge in [-0.1, -0.05) is 18.2 Å². The van der Waals surface area contributed by atoms with Crippen molar-refractivity contribution in [3.63, 3.8) is 0 Å². The summed E-state index contributed by atoms with van der Waals surface area (Å²) in [6, 6.07) is 17.6. The Morgan fingerprint density at radius 3 is 2.17 bits per heavy atom. The quantitative estimate of drug-likeness (QED) is 0.466. The number of nitrogens with one attached hydrogen (secondary N) is 2. The molecule has 0 unspecified atom stereocenters. The Kier molecular flexibility index (Phi) is 6.07. The van der Waals surface area contributed by atoms with Crippen molar-refractivity contribution in [1.29, 1.82) is 0 Å². The Bertz CT molecular complexity index is 1110. The van der Waals surface area contributed by atoms with E-state index in [1.807, 2.05) is 0 Å². The van der Waals surface area contributed by atoms with E-state index in [1.165, 1.54) is 25.1 Å². The minimum atomic E-state index is -0.541. The molecule has 0 aromatic heterocycles. The average molecular weight is 405 g/mol. The van der Waals surface area contributed by atoms with Crippen molar-refractivity contribution in [2.45, 2.75) is 6.92 Å². The zero-order chi connectivity index (χ0) is 21.7. The van der Waals surface area contributed by atoms with Gasteiger partial charge in [0.05, 0.1) is 23.3 Å². The number of benzene rings is 3. The summed E-state index contributed by atoms with van der Waals surface area (Å²) >= 11 is 0.